The van der Waals surface area contributed by atoms with Gasteiger partial charge in [-0.15, -0.1) is 11.8 Å². The molecule has 0 radical (unpaired) electrons. The molecular formula is C10H20N2O2S2. The van der Waals surface area contributed by atoms with Gasteiger partial charge in [-0.05, 0) is 33.4 Å². The predicted molar refractivity (Wildman–Crippen MR) is 73.0 cm³/mol. The summed E-state index contributed by atoms with van der Waals surface area (Å²) in [5.74, 6) is 0. The van der Waals surface area contributed by atoms with Gasteiger partial charge in [0.1, 0.15) is 9.92 Å². The second-order valence-electron chi connectivity index (χ2n) is 4.20. The molecule has 0 aliphatic rings. The number of rotatable bonds is 4. The van der Waals surface area contributed by atoms with Crippen molar-refractivity contribution in [3.63, 3.8) is 0 Å². The molecule has 0 aromatic carbocycles. The molecule has 0 fully saturated rings. The van der Waals surface area contributed by atoms with Gasteiger partial charge in [0, 0.05) is 13.1 Å². The average Bonchev–Trinajstić information content (AvgIpc) is 2.14. The van der Waals surface area contributed by atoms with Crippen molar-refractivity contribution in [2.75, 3.05) is 19.3 Å². The van der Waals surface area contributed by atoms with E-state index in [4.69, 9.17) is 17.0 Å². The lowest BCUT2D eigenvalue weighted by Crippen LogP contribution is -2.34. The number of amides is 1. The molecule has 0 aliphatic carbocycles. The molecule has 4 nitrogen and oxygen atoms in total. The van der Waals surface area contributed by atoms with E-state index in [1.54, 1.807) is 0 Å². The SMILES string of the molecule is CSC(=S)NCCCNC(=O)OC(C)(C)C. The molecular weight excluding hydrogens is 244 g/mol. The summed E-state index contributed by atoms with van der Waals surface area (Å²) in [5, 5.41) is 5.74. The Labute approximate surface area is 107 Å². The third-order valence-electron chi connectivity index (χ3n) is 1.48. The van der Waals surface area contributed by atoms with Crippen LogP contribution in [0.2, 0.25) is 0 Å². The Morgan fingerprint density at radius 2 is 1.88 bits per heavy atom. The molecule has 0 saturated carbocycles. The lowest BCUT2D eigenvalue weighted by Gasteiger charge is -2.19. The van der Waals surface area contributed by atoms with E-state index < -0.39 is 5.60 Å². The lowest BCUT2D eigenvalue weighted by molar-refractivity contribution is 0.0527. The summed E-state index contributed by atoms with van der Waals surface area (Å²) >= 11 is 6.47. The summed E-state index contributed by atoms with van der Waals surface area (Å²) in [4.78, 5) is 11.2. The second kappa shape index (κ2) is 7.73. The summed E-state index contributed by atoms with van der Waals surface area (Å²) in [6.07, 6.45) is 2.37. The maximum atomic E-state index is 11.2. The third kappa shape index (κ3) is 10.0. The highest BCUT2D eigenvalue weighted by atomic mass is 32.2. The number of thioether (sulfide) groups is 1. The first kappa shape index (κ1) is 15.5. The largest absolute Gasteiger partial charge is 0.444 e. The zero-order valence-electron chi connectivity index (χ0n) is 10.3. The highest BCUT2D eigenvalue weighted by Crippen LogP contribution is 2.06. The smallest absolute Gasteiger partial charge is 0.407 e. The van der Waals surface area contributed by atoms with Gasteiger partial charge < -0.3 is 15.4 Å². The van der Waals surface area contributed by atoms with Gasteiger partial charge in [-0.3, -0.25) is 0 Å². The topological polar surface area (TPSA) is 50.4 Å². The van der Waals surface area contributed by atoms with Gasteiger partial charge in [0.2, 0.25) is 0 Å². The summed E-state index contributed by atoms with van der Waals surface area (Å²) in [6.45, 7) is 6.86. The molecule has 0 unspecified atom stereocenters. The normalized spacial score (nSPS) is 10.8. The Hall–Kier alpha value is -0.490. The van der Waals surface area contributed by atoms with Crippen molar-refractivity contribution in [3.8, 4) is 0 Å². The highest BCUT2D eigenvalue weighted by Gasteiger charge is 2.15. The van der Waals surface area contributed by atoms with E-state index in [1.165, 1.54) is 11.8 Å². The molecule has 0 aliphatic heterocycles. The van der Waals surface area contributed by atoms with Crippen molar-refractivity contribution in [1.82, 2.24) is 10.6 Å². The number of hydrogen-bond acceptors (Lipinski definition) is 4. The van der Waals surface area contributed by atoms with Crippen LogP contribution in [0.15, 0.2) is 0 Å². The molecule has 0 saturated heterocycles. The van der Waals surface area contributed by atoms with Crippen LogP contribution in [0, 0.1) is 0 Å². The van der Waals surface area contributed by atoms with E-state index in [0.717, 1.165) is 17.3 Å². The fourth-order valence-corrected chi connectivity index (χ4v) is 1.20. The molecule has 0 bridgehead atoms. The van der Waals surface area contributed by atoms with E-state index in [0.29, 0.717) is 6.54 Å². The van der Waals surface area contributed by atoms with Gasteiger partial charge >= 0.3 is 6.09 Å². The quantitative estimate of drug-likeness (QED) is 0.602. The molecule has 0 spiro atoms. The number of thiocarbonyl (C=S) groups is 1. The molecule has 0 heterocycles. The van der Waals surface area contributed by atoms with Gasteiger partial charge in [0.15, 0.2) is 0 Å². The van der Waals surface area contributed by atoms with Crippen molar-refractivity contribution in [3.05, 3.63) is 0 Å². The molecule has 0 atom stereocenters. The van der Waals surface area contributed by atoms with Crippen molar-refractivity contribution < 1.29 is 9.53 Å². The molecule has 0 aromatic rings. The van der Waals surface area contributed by atoms with E-state index in [9.17, 15) is 4.79 Å². The van der Waals surface area contributed by atoms with E-state index in [-0.39, 0.29) is 6.09 Å². The van der Waals surface area contributed by atoms with Crippen LogP contribution >= 0.6 is 24.0 Å². The molecule has 16 heavy (non-hydrogen) atoms. The molecule has 1 amide bonds. The van der Waals surface area contributed by atoms with Crippen molar-refractivity contribution in [1.29, 1.82) is 0 Å². The van der Waals surface area contributed by atoms with Crippen LogP contribution in [0.4, 0.5) is 4.79 Å². The van der Waals surface area contributed by atoms with Crippen molar-refractivity contribution in [2.45, 2.75) is 32.8 Å². The van der Waals surface area contributed by atoms with Gasteiger partial charge in [0.05, 0.1) is 0 Å². The molecule has 6 heteroatoms. The van der Waals surface area contributed by atoms with Gasteiger partial charge in [-0.1, -0.05) is 12.2 Å². The monoisotopic (exact) mass is 264 g/mol. The standard InChI is InChI=1S/C10H20N2O2S2/c1-10(2,3)14-8(13)11-6-5-7-12-9(15)16-4/h5-7H2,1-4H3,(H,11,13)(H,12,15). The number of carbonyl (C=O) groups is 1. The van der Waals surface area contributed by atoms with E-state index in [2.05, 4.69) is 10.6 Å². The van der Waals surface area contributed by atoms with Crippen LogP contribution in [0.25, 0.3) is 0 Å². The van der Waals surface area contributed by atoms with Gasteiger partial charge in [-0.25, -0.2) is 4.79 Å². The summed E-state index contributed by atoms with van der Waals surface area (Å²) in [5.41, 5.74) is -0.442. The summed E-state index contributed by atoms with van der Waals surface area (Å²) in [6, 6.07) is 0. The summed E-state index contributed by atoms with van der Waals surface area (Å²) in [7, 11) is 0. The Morgan fingerprint density at radius 1 is 1.31 bits per heavy atom. The molecule has 2 N–H and O–H groups in total. The van der Waals surface area contributed by atoms with Crippen LogP contribution in [0.3, 0.4) is 0 Å². The Bertz CT molecular complexity index is 239. The zero-order chi connectivity index (χ0) is 12.6. The molecule has 0 aromatic heterocycles. The molecule has 94 valence electrons. The maximum Gasteiger partial charge on any atom is 0.407 e. The van der Waals surface area contributed by atoms with Crippen LogP contribution < -0.4 is 10.6 Å². The van der Waals surface area contributed by atoms with Gasteiger partial charge in [0.25, 0.3) is 0 Å². The number of hydrogen-bond donors (Lipinski definition) is 2. The van der Waals surface area contributed by atoms with Gasteiger partial charge in [-0.2, -0.15) is 0 Å². The minimum absolute atomic E-state index is 0.375. The number of nitrogens with one attached hydrogen (secondary N) is 2. The maximum absolute atomic E-state index is 11.2. The lowest BCUT2D eigenvalue weighted by atomic mass is 10.2. The first-order valence-electron chi connectivity index (χ1n) is 5.14. The Balaban J connectivity index is 3.45. The first-order valence-corrected chi connectivity index (χ1v) is 6.77. The van der Waals surface area contributed by atoms with Crippen LogP contribution in [0.5, 0.6) is 0 Å². The van der Waals surface area contributed by atoms with E-state index in [1.807, 2.05) is 27.0 Å². The summed E-state index contributed by atoms with van der Waals surface area (Å²) < 4.78 is 5.86. The number of ether oxygens (including phenoxy) is 1. The van der Waals surface area contributed by atoms with Crippen LogP contribution in [-0.2, 0) is 4.74 Å². The Kier molecular flexibility index (Phi) is 7.49. The zero-order valence-corrected chi connectivity index (χ0v) is 11.9. The second-order valence-corrected chi connectivity index (χ2v) is 5.68. The van der Waals surface area contributed by atoms with Crippen LogP contribution in [0.1, 0.15) is 27.2 Å². The fourth-order valence-electron chi connectivity index (χ4n) is 0.856. The average molecular weight is 264 g/mol. The first-order chi connectivity index (χ1) is 7.35. The van der Waals surface area contributed by atoms with E-state index >= 15 is 0 Å². The number of carbonyl (C=O) groups excluding carboxylic acids is 1. The highest BCUT2D eigenvalue weighted by molar-refractivity contribution is 8.22. The predicted octanol–water partition coefficient (Wildman–Crippen LogP) is 2.14. The minimum Gasteiger partial charge on any atom is -0.444 e. The third-order valence-corrected chi connectivity index (χ3v) is 2.64. The Morgan fingerprint density at radius 3 is 2.38 bits per heavy atom. The minimum atomic E-state index is -0.442. The fraction of sp³-hybridized carbons (Fsp3) is 0.800. The number of alkyl carbamates (subject to hydrolysis) is 1. The van der Waals surface area contributed by atoms with Crippen LogP contribution in [-0.4, -0.2) is 35.4 Å². The molecule has 0 rings (SSSR count). The van der Waals surface area contributed by atoms with Crippen molar-refractivity contribution in [2.24, 2.45) is 0 Å². The van der Waals surface area contributed by atoms with Crippen molar-refractivity contribution >= 4 is 34.4 Å².